The van der Waals surface area contributed by atoms with Gasteiger partial charge in [-0.05, 0) is 56.6 Å². The average molecular weight is 405 g/mol. The topological polar surface area (TPSA) is 61.5 Å². The van der Waals surface area contributed by atoms with Crippen LogP contribution in [0.4, 0.5) is 0 Å². The number of nitrogens with one attached hydrogen (secondary N) is 1. The molecule has 2 fully saturated rings. The van der Waals surface area contributed by atoms with Crippen LogP contribution in [0.3, 0.4) is 0 Å². The van der Waals surface area contributed by atoms with Gasteiger partial charge in [0.1, 0.15) is 5.69 Å². The molecular formula is C24H28N4O2. The highest BCUT2D eigenvalue weighted by Crippen LogP contribution is 2.39. The fourth-order valence-electron chi connectivity index (χ4n) is 4.90. The molecule has 1 aromatic carbocycles. The van der Waals surface area contributed by atoms with E-state index in [4.69, 9.17) is 4.74 Å². The number of likely N-dealkylation sites (tertiary alicyclic amines) is 2. The minimum Gasteiger partial charge on any atom is -0.375 e. The largest absolute Gasteiger partial charge is 0.375 e. The molecule has 2 saturated heterocycles. The third-order valence-electron chi connectivity index (χ3n) is 6.70. The van der Waals surface area contributed by atoms with Gasteiger partial charge in [-0.3, -0.25) is 14.7 Å². The first-order chi connectivity index (χ1) is 14.6. The van der Waals surface area contributed by atoms with Crippen LogP contribution < -0.4 is 0 Å². The van der Waals surface area contributed by atoms with Crippen molar-refractivity contribution in [2.75, 3.05) is 33.3 Å². The SMILES string of the molecule is CN1CC[C@@H](COCc2ccccn2)CC12CN(C(=O)c1cc3ccccc3[nH]1)C2. The molecule has 0 unspecified atom stereocenters. The normalized spacial score (nSPS) is 21.1. The first-order valence-corrected chi connectivity index (χ1v) is 10.7. The van der Waals surface area contributed by atoms with Crippen LogP contribution in [-0.4, -0.2) is 64.5 Å². The van der Waals surface area contributed by atoms with Crippen LogP contribution in [-0.2, 0) is 11.3 Å². The van der Waals surface area contributed by atoms with Gasteiger partial charge in [0.25, 0.3) is 5.91 Å². The smallest absolute Gasteiger partial charge is 0.270 e. The van der Waals surface area contributed by atoms with Gasteiger partial charge in [-0.15, -0.1) is 0 Å². The molecule has 6 heteroatoms. The summed E-state index contributed by atoms with van der Waals surface area (Å²) in [5.74, 6) is 0.619. The summed E-state index contributed by atoms with van der Waals surface area (Å²) >= 11 is 0. The summed E-state index contributed by atoms with van der Waals surface area (Å²) in [5, 5.41) is 1.08. The van der Waals surface area contributed by atoms with Crippen LogP contribution >= 0.6 is 0 Å². The Morgan fingerprint density at radius 2 is 2.07 bits per heavy atom. The number of benzene rings is 1. The second-order valence-corrected chi connectivity index (χ2v) is 8.77. The van der Waals surface area contributed by atoms with E-state index in [9.17, 15) is 4.79 Å². The van der Waals surface area contributed by atoms with Crippen molar-refractivity contribution in [1.29, 1.82) is 0 Å². The number of ether oxygens (including phenoxy) is 1. The van der Waals surface area contributed by atoms with Crippen molar-refractivity contribution in [3.05, 3.63) is 66.1 Å². The van der Waals surface area contributed by atoms with Gasteiger partial charge in [0.2, 0.25) is 0 Å². The van der Waals surface area contributed by atoms with Crippen molar-refractivity contribution in [2.24, 2.45) is 5.92 Å². The Labute approximate surface area is 176 Å². The number of H-pyrrole nitrogens is 1. The molecule has 6 nitrogen and oxygen atoms in total. The van der Waals surface area contributed by atoms with E-state index in [0.717, 1.165) is 55.7 Å². The van der Waals surface area contributed by atoms with Gasteiger partial charge >= 0.3 is 0 Å². The molecule has 1 spiro atoms. The zero-order valence-corrected chi connectivity index (χ0v) is 17.4. The molecule has 2 aromatic heterocycles. The highest BCUT2D eigenvalue weighted by atomic mass is 16.5. The Morgan fingerprint density at radius 1 is 1.23 bits per heavy atom. The zero-order valence-electron chi connectivity index (χ0n) is 17.4. The van der Waals surface area contributed by atoms with Gasteiger partial charge in [-0.25, -0.2) is 0 Å². The Bertz CT molecular complexity index is 993. The molecule has 2 aliphatic rings. The molecule has 1 atom stereocenters. The van der Waals surface area contributed by atoms with Crippen LogP contribution in [0.25, 0.3) is 10.9 Å². The molecule has 1 amide bonds. The van der Waals surface area contributed by atoms with Crippen LogP contribution in [0.2, 0.25) is 0 Å². The lowest BCUT2D eigenvalue weighted by Gasteiger charge is -2.58. The van der Waals surface area contributed by atoms with E-state index in [1.807, 2.05) is 53.4 Å². The van der Waals surface area contributed by atoms with Crippen molar-refractivity contribution in [1.82, 2.24) is 19.8 Å². The van der Waals surface area contributed by atoms with Gasteiger partial charge in [0, 0.05) is 30.2 Å². The molecule has 2 aliphatic heterocycles. The lowest BCUT2D eigenvalue weighted by atomic mass is 9.75. The fraction of sp³-hybridized carbons (Fsp3) is 0.417. The minimum atomic E-state index is 0.0823. The predicted octanol–water partition coefficient (Wildman–Crippen LogP) is 3.32. The number of fused-ring (bicyclic) bond motifs is 1. The number of hydrogen-bond donors (Lipinski definition) is 1. The summed E-state index contributed by atoms with van der Waals surface area (Å²) < 4.78 is 5.97. The van der Waals surface area contributed by atoms with E-state index in [0.29, 0.717) is 18.2 Å². The van der Waals surface area contributed by atoms with E-state index < -0.39 is 0 Å². The third-order valence-corrected chi connectivity index (χ3v) is 6.70. The molecule has 0 bridgehead atoms. The third kappa shape index (κ3) is 3.61. The zero-order chi connectivity index (χ0) is 20.6. The quantitative estimate of drug-likeness (QED) is 0.709. The number of aromatic nitrogens is 2. The maximum absolute atomic E-state index is 13.0. The monoisotopic (exact) mass is 404 g/mol. The lowest BCUT2D eigenvalue weighted by molar-refractivity contribution is -0.0770. The number of carbonyl (C=O) groups is 1. The standard InChI is InChI=1S/C24H28N4O2/c1-27-11-9-18(14-30-15-20-7-4-5-10-25-20)13-24(27)16-28(17-24)23(29)22-12-19-6-2-3-8-21(19)26-22/h2-8,10,12,18,26H,9,11,13-17H2,1H3/t18-/m1/s1. The number of likely N-dealkylation sites (N-methyl/N-ethyl adjacent to an activating group) is 1. The number of aromatic amines is 1. The maximum Gasteiger partial charge on any atom is 0.270 e. The molecule has 5 rings (SSSR count). The summed E-state index contributed by atoms with van der Waals surface area (Å²) in [7, 11) is 2.19. The number of hydrogen-bond acceptors (Lipinski definition) is 4. The van der Waals surface area contributed by atoms with Crippen LogP contribution in [0.1, 0.15) is 29.0 Å². The summed E-state index contributed by atoms with van der Waals surface area (Å²) in [5.41, 5.74) is 2.74. The molecule has 30 heavy (non-hydrogen) atoms. The van der Waals surface area contributed by atoms with Crippen molar-refractivity contribution in [2.45, 2.75) is 25.0 Å². The highest BCUT2D eigenvalue weighted by Gasteiger charge is 2.51. The van der Waals surface area contributed by atoms with E-state index in [1.165, 1.54) is 0 Å². The van der Waals surface area contributed by atoms with Gasteiger partial charge in [-0.2, -0.15) is 0 Å². The molecule has 0 radical (unpaired) electrons. The van der Waals surface area contributed by atoms with Gasteiger partial charge in [0.05, 0.1) is 24.4 Å². The van der Waals surface area contributed by atoms with E-state index in [2.05, 4.69) is 21.9 Å². The van der Waals surface area contributed by atoms with E-state index in [-0.39, 0.29) is 11.4 Å². The minimum absolute atomic E-state index is 0.0823. The first-order valence-electron chi connectivity index (χ1n) is 10.7. The van der Waals surface area contributed by atoms with E-state index >= 15 is 0 Å². The predicted molar refractivity (Wildman–Crippen MR) is 116 cm³/mol. The van der Waals surface area contributed by atoms with Crippen LogP contribution in [0, 0.1) is 5.92 Å². The van der Waals surface area contributed by atoms with E-state index in [1.54, 1.807) is 6.20 Å². The molecule has 1 N–H and O–H groups in total. The fourth-order valence-corrected chi connectivity index (χ4v) is 4.90. The first kappa shape index (κ1) is 19.3. The Kier molecular flexibility index (Phi) is 5.05. The summed E-state index contributed by atoms with van der Waals surface area (Å²) in [4.78, 5) is 25.0. The number of nitrogens with zero attached hydrogens (tertiary/aromatic N) is 3. The van der Waals surface area contributed by atoms with Crippen LogP contribution in [0.15, 0.2) is 54.7 Å². The summed E-state index contributed by atoms with van der Waals surface area (Å²) in [6.45, 7) is 3.93. The average Bonchev–Trinajstić information content (AvgIpc) is 3.18. The lowest BCUT2D eigenvalue weighted by Crippen LogP contribution is -2.72. The van der Waals surface area contributed by atoms with Crippen molar-refractivity contribution < 1.29 is 9.53 Å². The maximum atomic E-state index is 13.0. The van der Waals surface area contributed by atoms with Gasteiger partial charge in [0.15, 0.2) is 0 Å². The summed E-state index contributed by atoms with van der Waals surface area (Å²) in [6, 6.07) is 15.9. The Balaban J connectivity index is 1.18. The number of rotatable bonds is 5. The van der Waals surface area contributed by atoms with Crippen molar-refractivity contribution in [3.8, 4) is 0 Å². The molecular weight excluding hydrogens is 376 g/mol. The molecule has 156 valence electrons. The second-order valence-electron chi connectivity index (χ2n) is 8.77. The van der Waals surface area contributed by atoms with Gasteiger partial charge < -0.3 is 14.6 Å². The summed E-state index contributed by atoms with van der Waals surface area (Å²) in [6.07, 6.45) is 4.01. The van der Waals surface area contributed by atoms with Crippen molar-refractivity contribution >= 4 is 16.8 Å². The number of amides is 1. The molecule has 0 aliphatic carbocycles. The number of carbonyl (C=O) groups excluding carboxylic acids is 1. The second kappa shape index (κ2) is 7.85. The Hall–Kier alpha value is -2.70. The Morgan fingerprint density at radius 3 is 2.87 bits per heavy atom. The molecule has 0 saturated carbocycles. The molecule has 3 aromatic rings. The number of para-hydroxylation sites is 1. The highest BCUT2D eigenvalue weighted by molar-refractivity contribution is 5.98. The molecule has 4 heterocycles. The van der Waals surface area contributed by atoms with Crippen LogP contribution in [0.5, 0.6) is 0 Å². The number of pyridine rings is 1. The number of piperidine rings is 1. The van der Waals surface area contributed by atoms with Crippen molar-refractivity contribution in [3.63, 3.8) is 0 Å². The van der Waals surface area contributed by atoms with Gasteiger partial charge in [-0.1, -0.05) is 24.3 Å².